The fourth-order valence-corrected chi connectivity index (χ4v) is 1.83. The molecule has 0 aromatic heterocycles. The van der Waals surface area contributed by atoms with E-state index in [1.807, 2.05) is 6.92 Å². The Morgan fingerprint density at radius 1 is 1.47 bits per heavy atom. The van der Waals surface area contributed by atoms with Gasteiger partial charge in [0.1, 0.15) is 6.10 Å². The van der Waals surface area contributed by atoms with Crippen molar-refractivity contribution in [2.45, 2.75) is 32.3 Å². The Bertz CT molecular complexity index is 501. The van der Waals surface area contributed by atoms with E-state index in [0.717, 1.165) is 6.42 Å². The van der Waals surface area contributed by atoms with Crippen LogP contribution in [0.5, 0.6) is 11.5 Å². The van der Waals surface area contributed by atoms with E-state index in [1.54, 1.807) is 18.2 Å². The predicted molar refractivity (Wildman–Crippen MR) is 70.1 cm³/mol. The molecule has 2 rings (SSSR count). The van der Waals surface area contributed by atoms with Crippen LogP contribution in [0.3, 0.4) is 0 Å². The zero-order chi connectivity index (χ0) is 13.7. The third-order valence-electron chi connectivity index (χ3n) is 2.95. The Morgan fingerprint density at radius 3 is 3.00 bits per heavy atom. The zero-order valence-electron chi connectivity index (χ0n) is 10.8. The number of hydrogen-bond donors (Lipinski definition) is 0. The first-order valence-corrected chi connectivity index (χ1v) is 6.28. The Balaban J connectivity index is 2.01. The van der Waals surface area contributed by atoms with Crippen molar-refractivity contribution in [3.8, 4) is 23.8 Å². The SMILES string of the molecule is C#CCCC(CC)OC(=O)c1ccc2c(c1)OCO2. The molecule has 4 heteroatoms. The highest BCUT2D eigenvalue weighted by molar-refractivity contribution is 5.90. The largest absolute Gasteiger partial charge is 0.459 e. The minimum absolute atomic E-state index is 0.144. The number of rotatable bonds is 5. The van der Waals surface area contributed by atoms with Crippen LogP contribution in [0.15, 0.2) is 18.2 Å². The van der Waals surface area contributed by atoms with Crippen molar-refractivity contribution in [1.82, 2.24) is 0 Å². The minimum atomic E-state index is -0.359. The van der Waals surface area contributed by atoms with Gasteiger partial charge in [-0.25, -0.2) is 4.79 Å². The lowest BCUT2D eigenvalue weighted by atomic mass is 10.1. The summed E-state index contributed by atoms with van der Waals surface area (Å²) in [6.45, 7) is 2.15. The van der Waals surface area contributed by atoms with Crippen LogP contribution < -0.4 is 9.47 Å². The second-order valence-corrected chi connectivity index (χ2v) is 4.25. The molecule has 0 saturated carbocycles. The molecule has 1 aliphatic rings. The van der Waals surface area contributed by atoms with Crippen LogP contribution in [-0.2, 0) is 4.74 Å². The molecule has 1 aliphatic heterocycles. The van der Waals surface area contributed by atoms with E-state index >= 15 is 0 Å². The lowest BCUT2D eigenvalue weighted by Crippen LogP contribution is -2.17. The van der Waals surface area contributed by atoms with Crippen molar-refractivity contribution >= 4 is 5.97 Å². The van der Waals surface area contributed by atoms with Crippen LogP contribution >= 0.6 is 0 Å². The van der Waals surface area contributed by atoms with Crippen LogP contribution in [0.4, 0.5) is 0 Å². The van der Waals surface area contributed by atoms with E-state index < -0.39 is 0 Å². The molecule has 0 aliphatic carbocycles. The molecule has 1 atom stereocenters. The maximum absolute atomic E-state index is 12.0. The minimum Gasteiger partial charge on any atom is -0.459 e. The van der Waals surface area contributed by atoms with Gasteiger partial charge in [-0.1, -0.05) is 6.92 Å². The zero-order valence-corrected chi connectivity index (χ0v) is 10.8. The van der Waals surface area contributed by atoms with Crippen molar-refractivity contribution in [1.29, 1.82) is 0 Å². The summed E-state index contributed by atoms with van der Waals surface area (Å²) >= 11 is 0. The molecular weight excluding hydrogens is 244 g/mol. The highest BCUT2D eigenvalue weighted by atomic mass is 16.7. The number of carbonyl (C=O) groups is 1. The number of ether oxygens (including phenoxy) is 3. The van der Waals surface area contributed by atoms with Gasteiger partial charge in [0.2, 0.25) is 6.79 Å². The fourth-order valence-electron chi connectivity index (χ4n) is 1.83. The Kier molecular flexibility index (Phi) is 4.30. The molecule has 4 nitrogen and oxygen atoms in total. The van der Waals surface area contributed by atoms with Gasteiger partial charge in [0, 0.05) is 6.42 Å². The maximum atomic E-state index is 12.0. The molecule has 100 valence electrons. The summed E-state index contributed by atoms with van der Waals surface area (Å²) in [6.07, 6.45) is 7.11. The lowest BCUT2D eigenvalue weighted by Gasteiger charge is -2.15. The van der Waals surface area contributed by atoms with Crippen molar-refractivity contribution < 1.29 is 19.0 Å². The summed E-state index contributed by atoms with van der Waals surface area (Å²) < 4.78 is 15.8. The van der Waals surface area contributed by atoms with Crippen LogP contribution in [0.25, 0.3) is 0 Å². The van der Waals surface area contributed by atoms with Gasteiger partial charge >= 0.3 is 5.97 Å². The van der Waals surface area contributed by atoms with Crippen molar-refractivity contribution in [2.24, 2.45) is 0 Å². The third kappa shape index (κ3) is 3.19. The average molecular weight is 260 g/mol. The molecule has 0 spiro atoms. The van der Waals surface area contributed by atoms with E-state index in [-0.39, 0.29) is 18.9 Å². The van der Waals surface area contributed by atoms with Crippen molar-refractivity contribution in [2.75, 3.05) is 6.79 Å². The smallest absolute Gasteiger partial charge is 0.338 e. The quantitative estimate of drug-likeness (QED) is 0.603. The average Bonchev–Trinajstić information content (AvgIpc) is 2.90. The summed E-state index contributed by atoms with van der Waals surface area (Å²) in [5.74, 6) is 3.42. The normalized spacial score (nSPS) is 13.7. The third-order valence-corrected chi connectivity index (χ3v) is 2.95. The maximum Gasteiger partial charge on any atom is 0.338 e. The molecule has 1 aromatic rings. The molecule has 1 aromatic carbocycles. The summed E-state index contributed by atoms with van der Waals surface area (Å²) in [5, 5.41) is 0. The second-order valence-electron chi connectivity index (χ2n) is 4.25. The summed E-state index contributed by atoms with van der Waals surface area (Å²) in [5.41, 5.74) is 0.461. The molecular formula is C15H16O4. The number of carbonyl (C=O) groups excluding carboxylic acids is 1. The molecule has 0 N–H and O–H groups in total. The number of esters is 1. The van der Waals surface area contributed by atoms with Gasteiger partial charge in [-0.15, -0.1) is 12.3 Å². The van der Waals surface area contributed by atoms with E-state index in [1.165, 1.54) is 0 Å². The number of terminal acetylenes is 1. The van der Waals surface area contributed by atoms with E-state index in [9.17, 15) is 4.79 Å². The monoisotopic (exact) mass is 260 g/mol. The van der Waals surface area contributed by atoms with Gasteiger partial charge in [0.25, 0.3) is 0 Å². The van der Waals surface area contributed by atoms with Gasteiger partial charge in [-0.3, -0.25) is 0 Å². The summed E-state index contributed by atoms with van der Waals surface area (Å²) in [7, 11) is 0. The van der Waals surface area contributed by atoms with Crippen LogP contribution in [-0.4, -0.2) is 18.9 Å². The van der Waals surface area contributed by atoms with Crippen molar-refractivity contribution in [3.63, 3.8) is 0 Å². The van der Waals surface area contributed by atoms with Gasteiger partial charge in [-0.05, 0) is 31.0 Å². The van der Waals surface area contributed by atoms with Gasteiger partial charge in [-0.2, -0.15) is 0 Å². The number of benzene rings is 1. The highest BCUT2D eigenvalue weighted by Crippen LogP contribution is 2.32. The predicted octanol–water partition coefficient (Wildman–Crippen LogP) is 2.76. The fraction of sp³-hybridized carbons (Fsp3) is 0.400. The second kappa shape index (κ2) is 6.14. The highest BCUT2D eigenvalue weighted by Gasteiger charge is 2.19. The topological polar surface area (TPSA) is 44.8 Å². The molecule has 1 unspecified atom stereocenters. The molecule has 0 radical (unpaired) electrons. The van der Waals surface area contributed by atoms with Crippen LogP contribution in [0, 0.1) is 12.3 Å². The standard InChI is InChI=1S/C15H16O4/c1-3-5-6-12(4-2)19-15(16)11-7-8-13-14(9-11)18-10-17-13/h1,7-9,12H,4-6,10H2,2H3. The first-order chi connectivity index (χ1) is 9.24. The summed E-state index contributed by atoms with van der Waals surface area (Å²) in [6, 6.07) is 5.02. The van der Waals surface area contributed by atoms with E-state index in [4.69, 9.17) is 20.6 Å². The first-order valence-electron chi connectivity index (χ1n) is 6.28. The molecule has 0 bridgehead atoms. The summed E-state index contributed by atoms with van der Waals surface area (Å²) in [4.78, 5) is 12.0. The van der Waals surface area contributed by atoms with Gasteiger partial charge < -0.3 is 14.2 Å². The van der Waals surface area contributed by atoms with Gasteiger partial charge in [0.05, 0.1) is 5.56 Å². The number of fused-ring (bicyclic) bond motifs is 1. The molecule has 19 heavy (non-hydrogen) atoms. The molecule has 0 saturated heterocycles. The Hall–Kier alpha value is -2.15. The van der Waals surface area contributed by atoms with E-state index in [2.05, 4.69) is 5.92 Å². The Labute approximate surface area is 112 Å². The lowest BCUT2D eigenvalue weighted by molar-refractivity contribution is 0.0276. The molecule has 0 fully saturated rings. The Morgan fingerprint density at radius 2 is 2.26 bits per heavy atom. The van der Waals surface area contributed by atoms with Crippen LogP contribution in [0.2, 0.25) is 0 Å². The van der Waals surface area contributed by atoms with Gasteiger partial charge in [0.15, 0.2) is 11.5 Å². The first kappa shape index (κ1) is 13.3. The van der Waals surface area contributed by atoms with E-state index in [0.29, 0.717) is 29.9 Å². The number of hydrogen-bond acceptors (Lipinski definition) is 4. The molecule has 1 heterocycles. The molecule has 0 amide bonds. The van der Waals surface area contributed by atoms with Crippen LogP contribution in [0.1, 0.15) is 36.5 Å². The van der Waals surface area contributed by atoms with Crippen molar-refractivity contribution in [3.05, 3.63) is 23.8 Å².